The van der Waals surface area contributed by atoms with Crippen molar-refractivity contribution in [3.63, 3.8) is 0 Å². The van der Waals surface area contributed by atoms with Crippen LogP contribution in [0.15, 0.2) is 30.5 Å². The van der Waals surface area contributed by atoms with Crippen LogP contribution in [0.3, 0.4) is 0 Å². The van der Waals surface area contributed by atoms with Crippen LogP contribution in [0.2, 0.25) is 5.02 Å². The molecule has 0 saturated carbocycles. The number of hydrogen-bond acceptors (Lipinski definition) is 4. The van der Waals surface area contributed by atoms with E-state index < -0.39 is 12.1 Å². The number of pyridine rings is 1. The summed E-state index contributed by atoms with van der Waals surface area (Å²) < 4.78 is 0. The summed E-state index contributed by atoms with van der Waals surface area (Å²) in [7, 11) is 0. The molecular formula is C17H17ClN2O2. The molecule has 3 saturated heterocycles. The molecule has 0 aliphatic carbocycles. The third-order valence-electron chi connectivity index (χ3n) is 4.97. The normalized spacial score (nSPS) is 29.0. The first-order chi connectivity index (χ1) is 10.6. The van der Waals surface area contributed by atoms with E-state index in [2.05, 4.69) is 9.88 Å². The molecule has 0 spiro atoms. The zero-order valence-electron chi connectivity index (χ0n) is 12.1. The second kappa shape index (κ2) is 5.30. The Labute approximate surface area is 133 Å². The highest BCUT2D eigenvalue weighted by Gasteiger charge is 2.45. The first-order valence-electron chi connectivity index (χ1n) is 7.65. The highest BCUT2D eigenvalue weighted by atomic mass is 35.5. The van der Waals surface area contributed by atoms with Crippen molar-refractivity contribution in [2.45, 2.75) is 25.0 Å². The first-order valence-corrected chi connectivity index (χ1v) is 8.03. The lowest BCUT2D eigenvalue weighted by atomic mass is 9.78. The van der Waals surface area contributed by atoms with E-state index in [1.54, 1.807) is 24.4 Å². The van der Waals surface area contributed by atoms with Crippen LogP contribution in [0.4, 0.5) is 0 Å². The van der Waals surface area contributed by atoms with Gasteiger partial charge in [-0.1, -0.05) is 17.7 Å². The Bertz CT molecular complexity index is 741. The molecule has 1 aromatic heterocycles. The number of hydrogen-bond donors (Lipinski definition) is 1. The predicted octanol–water partition coefficient (Wildman–Crippen LogP) is 2.58. The molecule has 22 heavy (non-hydrogen) atoms. The second-order valence-electron chi connectivity index (χ2n) is 6.16. The van der Waals surface area contributed by atoms with E-state index in [-0.39, 0.29) is 11.7 Å². The maximum Gasteiger partial charge on any atom is 0.156 e. The van der Waals surface area contributed by atoms with Gasteiger partial charge in [-0.3, -0.25) is 14.7 Å². The van der Waals surface area contributed by atoms with Gasteiger partial charge in [0, 0.05) is 22.5 Å². The van der Waals surface area contributed by atoms with Crippen LogP contribution in [0.25, 0.3) is 10.9 Å². The van der Waals surface area contributed by atoms with Crippen molar-refractivity contribution in [2.24, 2.45) is 5.92 Å². The smallest absolute Gasteiger partial charge is 0.156 e. The molecule has 2 unspecified atom stereocenters. The van der Waals surface area contributed by atoms with E-state index in [0.717, 1.165) is 42.4 Å². The molecule has 2 bridgehead atoms. The Hall–Kier alpha value is -1.49. The molecular weight excluding hydrogens is 300 g/mol. The van der Waals surface area contributed by atoms with Crippen LogP contribution in [0.5, 0.6) is 0 Å². The van der Waals surface area contributed by atoms with Crippen LogP contribution in [0, 0.1) is 5.92 Å². The topological polar surface area (TPSA) is 53.4 Å². The lowest BCUT2D eigenvalue weighted by Crippen LogP contribution is -2.57. The van der Waals surface area contributed by atoms with Gasteiger partial charge in [0.15, 0.2) is 5.78 Å². The monoisotopic (exact) mass is 316 g/mol. The number of halogens is 1. The van der Waals surface area contributed by atoms with Crippen molar-refractivity contribution >= 4 is 28.3 Å². The number of piperidine rings is 3. The van der Waals surface area contributed by atoms with Crippen LogP contribution in [-0.2, 0) is 4.79 Å². The summed E-state index contributed by atoms with van der Waals surface area (Å²) in [4.78, 5) is 19.0. The largest absolute Gasteiger partial charge is 0.386 e. The minimum Gasteiger partial charge on any atom is -0.386 e. The van der Waals surface area contributed by atoms with Crippen LogP contribution >= 0.6 is 11.6 Å². The highest BCUT2D eigenvalue weighted by molar-refractivity contribution is 6.31. The number of aromatic nitrogens is 1. The molecule has 4 nitrogen and oxygen atoms in total. The van der Waals surface area contributed by atoms with Gasteiger partial charge in [-0.15, -0.1) is 0 Å². The van der Waals surface area contributed by atoms with Crippen LogP contribution in [0.1, 0.15) is 24.5 Å². The molecule has 0 amide bonds. The van der Waals surface area contributed by atoms with Gasteiger partial charge in [-0.2, -0.15) is 0 Å². The lowest BCUT2D eigenvalue weighted by molar-refractivity contribution is -0.143. The molecule has 3 aliphatic heterocycles. The number of rotatable bonds is 2. The maximum atomic E-state index is 12.6. The summed E-state index contributed by atoms with van der Waals surface area (Å²) in [6, 6.07) is 6.81. The van der Waals surface area contributed by atoms with Crippen molar-refractivity contribution in [3.8, 4) is 0 Å². The minimum atomic E-state index is -0.817. The zero-order chi connectivity index (χ0) is 15.3. The third kappa shape index (κ3) is 2.14. The molecule has 1 aromatic carbocycles. The molecule has 114 valence electrons. The fourth-order valence-corrected chi connectivity index (χ4v) is 3.98. The fraction of sp³-hybridized carbons (Fsp3) is 0.412. The van der Waals surface area contributed by atoms with E-state index in [4.69, 9.17) is 11.6 Å². The fourth-order valence-electron chi connectivity index (χ4n) is 3.81. The van der Waals surface area contributed by atoms with E-state index in [1.165, 1.54) is 0 Å². The number of ketones is 1. The van der Waals surface area contributed by atoms with E-state index >= 15 is 0 Å². The SMILES string of the molecule is O=C1C2CCN(CC2)C1C(O)c1ccnc2cc(Cl)ccc12. The van der Waals surface area contributed by atoms with Gasteiger partial charge in [0.05, 0.1) is 11.6 Å². The average Bonchev–Trinajstić information content (AvgIpc) is 2.54. The molecule has 3 fully saturated rings. The molecule has 0 radical (unpaired) electrons. The highest BCUT2D eigenvalue weighted by Crippen LogP contribution is 2.37. The van der Waals surface area contributed by atoms with Crippen molar-refractivity contribution in [2.75, 3.05) is 13.1 Å². The van der Waals surface area contributed by atoms with Gasteiger partial charge in [-0.05, 0) is 49.7 Å². The van der Waals surface area contributed by atoms with Crippen molar-refractivity contribution in [1.82, 2.24) is 9.88 Å². The zero-order valence-corrected chi connectivity index (χ0v) is 12.8. The summed E-state index contributed by atoms with van der Waals surface area (Å²) >= 11 is 6.01. The molecule has 5 heteroatoms. The maximum absolute atomic E-state index is 12.6. The summed E-state index contributed by atoms with van der Waals surface area (Å²) in [6.45, 7) is 1.79. The number of fused-ring (bicyclic) bond motifs is 4. The number of aliphatic hydroxyl groups excluding tert-OH is 1. The van der Waals surface area contributed by atoms with E-state index in [0.29, 0.717) is 5.02 Å². The Morgan fingerprint density at radius 3 is 2.77 bits per heavy atom. The van der Waals surface area contributed by atoms with E-state index in [9.17, 15) is 9.90 Å². The van der Waals surface area contributed by atoms with Gasteiger partial charge in [0.25, 0.3) is 0 Å². The van der Waals surface area contributed by atoms with Gasteiger partial charge >= 0.3 is 0 Å². The molecule has 4 heterocycles. The molecule has 5 rings (SSSR count). The third-order valence-corrected chi connectivity index (χ3v) is 5.21. The summed E-state index contributed by atoms with van der Waals surface area (Å²) in [6.07, 6.45) is 2.70. The minimum absolute atomic E-state index is 0.118. The van der Waals surface area contributed by atoms with Gasteiger partial charge in [0.2, 0.25) is 0 Å². The quantitative estimate of drug-likeness (QED) is 0.925. The number of carbonyl (C=O) groups excluding carboxylic acids is 1. The number of nitrogens with zero attached hydrogens (tertiary/aromatic N) is 2. The van der Waals surface area contributed by atoms with Gasteiger partial charge in [0.1, 0.15) is 6.10 Å². The number of benzene rings is 1. The van der Waals surface area contributed by atoms with E-state index in [1.807, 2.05) is 6.07 Å². The number of aliphatic hydroxyl groups is 1. The van der Waals surface area contributed by atoms with Gasteiger partial charge in [-0.25, -0.2) is 0 Å². The first kappa shape index (κ1) is 14.1. The Kier molecular flexibility index (Phi) is 3.40. The second-order valence-corrected chi connectivity index (χ2v) is 6.60. The van der Waals surface area contributed by atoms with Crippen LogP contribution in [-0.4, -0.2) is 39.9 Å². The van der Waals surface area contributed by atoms with Gasteiger partial charge < -0.3 is 5.11 Å². The predicted molar refractivity (Wildman–Crippen MR) is 84.8 cm³/mol. The van der Waals surface area contributed by atoms with Crippen molar-refractivity contribution in [3.05, 3.63) is 41.0 Å². The van der Waals surface area contributed by atoms with Crippen LogP contribution < -0.4 is 0 Å². The summed E-state index contributed by atoms with van der Waals surface area (Å²) in [5, 5.41) is 12.4. The molecule has 2 atom stereocenters. The lowest BCUT2D eigenvalue weighted by Gasteiger charge is -2.45. The molecule has 2 aromatic rings. The summed E-state index contributed by atoms with van der Waals surface area (Å²) in [5.74, 6) is 0.302. The standard InChI is InChI=1S/C17H17ClN2O2/c18-11-1-2-12-13(3-6-19-14(12)9-11)17(22)15-16(21)10-4-7-20(15)8-5-10/h1-3,6,9-10,15,17,22H,4-5,7-8H2. The molecule has 1 N–H and O–H groups in total. The Morgan fingerprint density at radius 1 is 1.27 bits per heavy atom. The number of Topliss-reactive ketones (excluding diaryl/α,β-unsaturated/α-hetero) is 1. The number of carbonyl (C=O) groups is 1. The molecule has 3 aliphatic rings. The Balaban J connectivity index is 1.77. The average molecular weight is 317 g/mol. The Morgan fingerprint density at radius 2 is 2.05 bits per heavy atom. The van der Waals surface area contributed by atoms with Crippen molar-refractivity contribution < 1.29 is 9.90 Å². The van der Waals surface area contributed by atoms with Crippen molar-refractivity contribution in [1.29, 1.82) is 0 Å². The summed E-state index contributed by atoms with van der Waals surface area (Å²) in [5.41, 5.74) is 1.50.